The summed E-state index contributed by atoms with van der Waals surface area (Å²) < 4.78 is 14.5. The maximum absolute atomic E-state index is 11.8. The number of carbonyl (C=O) groups is 2. The number of allylic oxidation sites excluding steroid dienone is 2. The van der Waals surface area contributed by atoms with E-state index in [0.717, 1.165) is 0 Å². The Morgan fingerprint density at radius 1 is 0.892 bits per heavy atom. The maximum atomic E-state index is 11.8. The van der Waals surface area contributed by atoms with Crippen LogP contribution in [0.2, 0.25) is 0 Å². The number of hydrogen-bond donors (Lipinski definition) is 4. The minimum Gasteiger partial charge on any atom is -0.491 e. The quantitative estimate of drug-likeness (QED) is 0.127. The van der Waals surface area contributed by atoms with E-state index < -0.39 is 11.8 Å². The van der Waals surface area contributed by atoms with Crippen molar-refractivity contribution in [2.24, 2.45) is 11.5 Å². The molecule has 0 saturated carbocycles. The van der Waals surface area contributed by atoms with Crippen LogP contribution in [0.5, 0.6) is 5.75 Å². The molecule has 0 aliphatic heterocycles. The predicted molar refractivity (Wildman–Crippen MR) is 142 cm³/mol. The van der Waals surface area contributed by atoms with Crippen LogP contribution in [0.15, 0.2) is 36.4 Å². The number of hydrogen-bond acceptors (Lipinski definition) is 8. The molecule has 0 unspecified atom stereocenters. The number of imidazole rings is 2. The Labute approximate surface area is 213 Å². The van der Waals surface area contributed by atoms with E-state index in [9.17, 15) is 9.59 Å². The van der Waals surface area contributed by atoms with Gasteiger partial charge in [0.25, 0.3) is 0 Å². The molecule has 0 saturated heterocycles. The lowest BCUT2D eigenvalue weighted by Gasteiger charge is -2.11. The number of rotatable bonds is 11. The van der Waals surface area contributed by atoms with E-state index >= 15 is 0 Å². The largest absolute Gasteiger partial charge is 0.491 e. The molecule has 2 radical (unpaired) electrons. The Morgan fingerprint density at radius 3 is 2.00 bits per heavy atom. The highest BCUT2D eigenvalue weighted by Gasteiger charge is 2.17. The molecule has 4 aromatic rings. The number of primary amides is 2. The van der Waals surface area contributed by atoms with Gasteiger partial charge in [0.15, 0.2) is 0 Å². The van der Waals surface area contributed by atoms with Gasteiger partial charge in [-0.25, -0.2) is 9.97 Å². The molecular weight excluding hydrogens is 475 g/mol. The predicted octanol–water partition coefficient (Wildman–Crippen LogP) is 0.214. The lowest BCUT2D eigenvalue weighted by atomic mass is 9.92. The summed E-state index contributed by atoms with van der Waals surface area (Å²) in [6, 6.07) is 6.22. The molecule has 0 fully saturated rings. The summed E-state index contributed by atoms with van der Waals surface area (Å²) in [6.07, 6.45) is 4.42. The number of aromatic nitrogens is 4. The Balaban J connectivity index is 1.61. The number of benzene rings is 2. The summed E-state index contributed by atoms with van der Waals surface area (Å²) in [6.45, 7) is 1.63. The SMILES string of the molecule is [B]c1cc(C(N)=O)cc2nc(N)n(C/C=C/Cn3c(N)nc4cc(C(N)=O)cc(OCCCOC)c43)c12. The van der Waals surface area contributed by atoms with Crippen LogP contribution in [0, 0.1) is 0 Å². The molecule has 8 N–H and O–H groups in total. The van der Waals surface area contributed by atoms with Crippen molar-refractivity contribution in [3.8, 4) is 5.75 Å². The van der Waals surface area contributed by atoms with E-state index in [4.69, 9.17) is 40.3 Å². The van der Waals surface area contributed by atoms with E-state index in [-0.39, 0.29) is 23.0 Å². The van der Waals surface area contributed by atoms with E-state index in [2.05, 4.69) is 9.97 Å². The topological polar surface area (TPSA) is 192 Å². The van der Waals surface area contributed by atoms with Crippen LogP contribution in [0.4, 0.5) is 11.9 Å². The zero-order valence-electron chi connectivity index (χ0n) is 20.3. The summed E-state index contributed by atoms with van der Waals surface area (Å²) in [5.41, 5.74) is 26.2. The van der Waals surface area contributed by atoms with Gasteiger partial charge >= 0.3 is 0 Å². The second-order valence-corrected chi connectivity index (χ2v) is 8.33. The third-order valence-corrected chi connectivity index (χ3v) is 5.80. The molecule has 190 valence electrons. The number of nitrogens with two attached hydrogens (primary N) is 4. The molecule has 2 heterocycles. The third kappa shape index (κ3) is 5.21. The molecular formula is C24H27BN8O4. The van der Waals surface area contributed by atoms with Gasteiger partial charge in [-0.15, -0.1) is 0 Å². The molecule has 13 heteroatoms. The van der Waals surface area contributed by atoms with Gasteiger partial charge in [0, 0.05) is 44.4 Å². The summed E-state index contributed by atoms with van der Waals surface area (Å²) in [7, 11) is 7.76. The van der Waals surface area contributed by atoms with Gasteiger partial charge in [-0.05, 0) is 18.2 Å². The van der Waals surface area contributed by atoms with Crippen molar-refractivity contribution >= 4 is 59.1 Å². The zero-order valence-corrected chi connectivity index (χ0v) is 20.3. The molecule has 0 aliphatic carbocycles. The van der Waals surface area contributed by atoms with Gasteiger partial charge in [-0.2, -0.15) is 0 Å². The first kappa shape index (κ1) is 25.6. The zero-order chi connectivity index (χ0) is 26.7. The number of amides is 2. The van der Waals surface area contributed by atoms with Gasteiger partial charge in [-0.3, -0.25) is 9.59 Å². The maximum Gasteiger partial charge on any atom is 0.248 e. The minimum absolute atomic E-state index is 0.242. The van der Waals surface area contributed by atoms with Crippen molar-refractivity contribution in [1.82, 2.24) is 19.1 Å². The van der Waals surface area contributed by atoms with Crippen molar-refractivity contribution in [3.05, 3.63) is 47.5 Å². The molecule has 0 bridgehead atoms. The molecule has 0 atom stereocenters. The second kappa shape index (κ2) is 10.6. The first-order chi connectivity index (χ1) is 17.7. The van der Waals surface area contributed by atoms with E-state index in [0.29, 0.717) is 66.0 Å². The van der Waals surface area contributed by atoms with Gasteiger partial charge in [0.1, 0.15) is 19.1 Å². The first-order valence-electron chi connectivity index (χ1n) is 11.4. The summed E-state index contributed by atoms with van der Waals surface area (Å²) in [4.78, 5) is 32.0. The van der Waals surface area contributed by atoms with Crippen molar-refractivity contribution in [2.75, 3.05) is 31.8 Å². The molecule has 37 heavy (non-hydrogen) atoms. The average molecular weight is 502 g/mol. The highest BCUT2D eigenvalue weighted by Crippen LogP contribution is 2.30. The fourth-order valence-electron chi connectivity index (χ4n) is 4.08. The highest BCUT2D eigenvalue weighted by molar-refractivity contribution is 6.38. The van der Waals surface area contributed by atoms with Crippen LogP contribution in [-0.4, -0.2) is 59.1 Å². The van der Waals surface area contributed by atoms with Gasteiger partial charge in [-0.1, -0.05) is 23.7 Å². The Morgan fingerprint density at radius 2 is 1.43 bits per heavy atom. The smallest absolute Gasteiger partial charge is 0.248 e. The number of nitrogen functional groups attached to an aromatic ring is 2. The Hall–Kier alpha value is -4.52. The Bertz CT molecular complexity index is 1520. The van der Waals surface area contributed by atoms with Crippen LogP contribution >= 0.6 is 0 Å². The number of fused-ring (bicyclic) bond motifs is 2. The molecule has 2 aromatic heterocycles. The average Bonchev–Trinajstić information content (AvgIpc) is 3.34. The van der Waals surface area contributed by atoms with Gasteiger partial charge in [0.05, 0.1) is 23.2 Å². The van der Waals surface area contributed by atoms with Crippen molar-refractivity contribution in [3.63, 3.8) is 0 Å². The lowest BCUT2D eigenvalue weighted by molar-refractivity contribution is 0.0992. The van der Waals surface area contributed by atoms with Gasteiger partial charge < -0.3 is 41.5 Å². The number of methoxy groups -OCH3 is 1. The summed E-state index contributed by atoms with van der Waals surface area (Å²) in [5.74, 6) is -0.256. The second-order valence-electron chi connectivity index (χ2n) is 8.33. The number of ether oxygens (including phenoxy) is 2. The first-order valence-corrected chi connectivity index (χ1v) is 11.4. The Kier molecular flexibility index (Phi) is 7.34. The van der Waals surface area contributed by atoms with Crippen molar-refractivity contribution < 1.29 is 19.1 Å². The van der Waals surface area contributed by atoms with Crippen molar-refractivity contribution in [1.29, 1.82) is 0 Å². The normalized spacial score (nSPS) is 11.6. The van der Waals surface area contributed by atoms with E-state index in [1.807, 2.05) is 12.2 Å². The molecule has 4 rings (SSSR count). The standard InChI is InChI=1S/C24H27BN8O4/c1-36-7-4-8-37-18-12-14(22(27)35)11-17-20(18)33(24(29)31-17)6-3-2-5-32-19-15(25)9-13(21(26)34)10-16(19)30-23(32)28/h2-3,9-12H,4-8H2,1H3,(H2,26,34)(H2,27,35)(H2,28,30)(H2,29,31)/b3-2+. The molecule has 2 amide bonds. The molecule has 0 aliphatic rings. The third-order valence-electron chi connectivity index (χ3n) is 5.80. The summed E-state index contributed by atoms with van der Waals surface area (Å²) >= 11 is 0. The fraction of sp³-hybridized carbons (Fsp3) is 0.250. The highest BCUT2D eigenvalue weighted by atomic mass is 16.5. The van der Waals surface area contributed by atoms with Crippen LogP contribution < -0.4 is 33.1 Å². The molecule has 0 spiro atoms. The molecule has 2 aromatic carbocycles. The monoisotopic (exact) mass is 502 g/mol. The lowest BCUT2D eigenvalue weighted by Crippen LogP contribution is -2.17. The van der Waals surface area contributed by atoms with E-state index in [1.165, 1.54) is 6.07 Å². The van der Waals surface area contributed by atoms with Crippen LogP contribution in [0.25, 0.3) is 22.1 Å². The van der Waals surface area contributed by atoms with Crippen LogP contribution in [0.3, 0.4) is 0 Å². The van der Waals surface area contributed by atoms with Crippen LogP contribution in [-0.2, 0) is 17.8 Å². The fourth-order valence-corrected chi connectivity index (χ4v) is 4.08. The number of nitrogens with zero attached hydrogens (tertiary/aromatic N) is 4. The number of carbonyl (C=O) groups excluding carboxylic acids is 2. The van der Waals surface area contributed by atoms with E-state index in [1.54, 1.807) is 34.4 Å². The van der Waals surface area contributed by atoms with Gasteiger partial charge in [0.2, 0.25) is 23.7 Å². The number of anilines is 2. The van der Waals surface area contributed by atoms with Crippen molar-refractivity contribution in [2.45, 2.75) is 19.5 Å². The minimum atomic E-state index is -0.600. The summed E-state index contributed by atoms with van der Waals surface area (Å²) in [5, 5.41) is 0. The molecule has 12 nitrogen and oxygen atoms in total. The van der Waals surface area contributed by atoms with Crippen LogP contribution in [0.1, 0.15) is 27.1 Å².